The summed E-state index contributed by atoms with van der Waals surface area (Å²) in [4.78, 5) is 25.2. The van der Waals surface area contributed by atoms with Crippen LogP contribution in [-0.2, 0) is 0 Å². The van der Waals surface area contributed by atoms with Gasteiger partial charge in [0, 0.05) is 23.7 Å². The Morgan fingerprint density at radius 2 is 1.62 bits per heavy atom. The number of nitrogens with one attached hydrogen (secondary N) is 2. The molecule has 24 heavy (non-hydrogen) atoms. The molecule has 2 aromatic carbocycles. The van der Waals surface area contributed by atoms with Crippen molar-refractivity contribution in [3.05, 3.63) is 70.8 Å². The summed E-state index contributed by atoms with van der Waals surface area (Å²) in [6.45, 7) is 7.36. The molecule has 0 heterocycles. The molecular weight excluding hydrogens is 300 g/mol. The minimum Gasteiger partial charge on any atom is -0.350 e. The molecule has 0 aromatic heterocycles. The van der Waals surface area contributed by atoms with E-state index < -0.39 is 0 Å². The highest BCUT2D eigenvalue weighted by molar-refractivity contribution is 6.15. The maximum atomic E-state index is 12.7. The van der Waals surface area contributed by atoms with E-state index in [0.29, 0.717) is 23.2 Å². The fraction of sp³-hybridized carbons (Fsp3) is 0.300. The third-order valence-electron chi connectivity index (χ3n) is 3.85. The third kappa shape index (κ3) is 4.52. The summed E-state index contributed by atoms with van der Waals surface area (Å²) in [5, 5.41) is 6.12. The van der Waals surface area contributed by atoms with Gasteiger partial charge in [0.15, 0.2) is 5.78 Å². The molecule has 0 saturated carbocycles. The number of hydrogen-bond donors (Lipinski definition) is 2. The maximum Gasteiger partial charge on any atom is 0.252 e. The molecular formula is C20H24N2O2. The van der Waals surface area contributed by atoms with Gasteiger partial charge < -0.3 is 10.6 Å². The second-order valence-electron chi connectivity index (χ2n) is 5.91. The summed E-state index contributed by atoms with van der Waals surface area (Å²) in [5.41, 5.74) is 2.51. The van der Waals surface area contributed by atoms with Crippen molar-refractivity contribution in [2.24, 2.45) is 0 Å². The van der Waals surface area contributed by atoms with Crippen LogP contribution in [0.1, 0.15) is 45.7 Å². The Bertz CT molecular complexity index is 708. The third-order valence-corrected chi connectivity index (χ3v) is 3.85. The highest BCUT2D eigenvalue weighted by Crippen LogP contribution is 2.15. The molecule has 0 aliphatic rings. The first-order chi connectivity index (χ1) is 11.5. The van der Waals surface area contributed by atoms with Gasteiger partial charge in [0.05, 0.1) is 5.56 Å². The number of carbonyl (C=O) groups excluding carboxylic acids is 2. The molecule has 1 amide bonds. The Hall–Kier alpha value is -2.46. The minimum atomic E-state index is -0.226. The summed E-state index contributed by atoms with van der Waals surface area (Å²) in [7, 11) is 0. The van der Waals surface area contributed by atoms with Crippen molar-refractivity contribution in [3.63, 3.8) is 0 Å². The molecule has 2 aromatic rings. The number of rotatable bonds is 7. The molecule has 0 spiro atoms. The van der Waals surface area contributed by atoms with E-state index in [2.05, 4.69) is 10.6 Å². The molecule has 0 fully saturated rings. The molecule has 0 unspecified atom stereocenters. The van der Waals surface area contributed by atoms with Gasteiger partial charge >= 0.3 is 0 Å². The van der Waals surface area contributed by atoms with Crippen LogP contribution in [0.2, 0.25) is 0 Å². The van der Waals surface area contributed by atoms with Gasteiger partial charge in [-0.2, -0.15) is 0 Å². The number of carbonyl (C=O) groups is 2. The Balaban J connectivity index is 2.19. The van der Waals surface area contributed by atoms with Crippen LogP contribution < -0.4 is 10.6 Å². The minimum absolute atomic E-state index is 0.138. The first kappa shape index (κ1) is 17.9. The van der Waals surface area contributed by atoms with Crippen molar-refractivity contribution >= 4 is 11.7 Å². The number of likely N-dealkylation sites (N-methyl/N-ethyl adjacent to an activating group) is 1. The Morgan fingerprint density at radius 1 is 1.00 bits per heavy atom. The van der Waals surface area contributed by atoms with Gasteiger partial charge in [-0.15, -0.1) is 0 Å². The van der Waals surface area contributed by atoms with E-state index in [1.807, 2.05) is 32.9 Å². The van der Waals surface area contributed by atoms with E-state index in [1.54, 1.807) is 36.4 Å². The lowest BCUT2D eigenvalue weighted by Crippen LogP contribution is -2.39. The molecule has 0 aliphatic carbocycles. The number of ketones is 1. The van der Waals surface area contributed by atoms with Crippen LogP contribution in [0.3, 0.4) is 0 Å². The zero-order chi connectivity index (χ0) is 17.5. The summed E-state index contributed by atoms with van der Waals surface area (Å²) in [6, 6.07) is 14.5. The summed E-state index contributed by atoms with van der Waals surface area (Å²) < 4.78 is 0. The Morgan fingerprint density at radius 3 is 2.25 bits per heavy atom. The Labute approximate surface area is 143 Å². The fourth-order valence-corrected chi connectivity index (χ4v) is 2.50. The van der Waals surface area contributed by atoms with Crippen LogP contribution in [0.4, 0.5) is 0 Å². The van der Waals surface area contributed by atoms with Crippen molar-refractivity contribution in [1.29, 1.82) is 0 Å². The molecule has 126 valence electrons. The van der Waals surface area contributed by atoms with E-state index in [-0.39, 0.29) is 17.7 Å². The lowest BCUT2D eigenvalue weighted by molar-refractivity contribution is 0.0939. The van der Waals surface area contributed by atoms with Crippen molar-refractivity contribution in [1.82, 2.24) is 10.6 Å². The SMILES string of the molecule is CCN[C@H](C)CNC(=O)c1ccccc1C(=O)c1ccc(C)cc1. The standard InChI is InChI=1S/C20H24N2O2/c1-4-21-15(3)13-22-20(24)18-8-6-5-7-17(18)19(23)16-11-9-14(2)10-12-16/h5-12,15,21H,4,13H2,1-3H3,(H,22,24)/t15-/m1/s1. The first-order valence-electron chi connectivity index (χ1n) is 8.25. The highest BCUT2D eigenvalue weighted by atomic mass is 16.2. The van der Waals surface area contributed by atoms with Crippen molar-refractivity contribution in [3.8, 4) is 0 Å². The molecule has 0 bridgehead atoms. The molecule has 2 rings (SSSR count). The molecule has 0 radical (unpaired) electrons. The van der Waals surface area contributed by atoms with Gasteiger partial charge in [0.25, 0.3) is 5.91 Å². The summed E-state index contributed by atoms with van der Waals surface area (Å²) >= 11 is 0. The number of benzene rings is 2. The lowest BCUT2D eigenvalue weighted by Gasteiger charge is -2.14. The predicted octanol–water partition coefficient (Wildman–Crippen LogP) is 2.95. The smallest absolute Gasteiger partial charge is 0.252 e. The maximum absolute atomic E-state index is 12.7. The van der Waals surface area contributed by atoms with E-state index >= 15 is 0 Å². The quantitative estimate of drug-likeness (QED) is 0.770. The highest BCUT2D eigenvalue weighted by Gasteiger charge is 2.18. The van der Waals surface area contributed by atoms with Crippen molar-refractivity contribution < 1.29 is 9.59 Å². The molecule has 1 atom stereocenters. The lowest BCUT2D eigenvalue weighted by atomic mass is 9.97. The number of hydrogen-bond acceptors (Lipinski definition) is 3. The fourth-order valence-electron chi connectivity index (χ4n) is 2.50. The molecule has 0 saturated heterocycles. The second kappa shape index (κ2) is 8.41. The first-order valence-corrected chi connectivity index (χ1v) is 8.25. The van der Waals surface area contributed by atoms with Gasteiger partial charge in [-0.1, -0.05) is 55.0 Å². The zero-order valence-corrected chi connectivity index (χ0v) is 14.4. The van der Waals surface area contributed by atoms with Crippen LogP contribution in [0.25, 0.3) is 0 Å². The molecule has 4 nitrogen and oxygen atoms in total. The normalized spacial score (nSPS) is 11.8. The largest absolute Gasteiger partial charge is 0.350 e. The summed E-state index contributed by atoms with van der Waals surface area (Å²) in [6.07, 6.45) is 0. The van der Waals surface area contributed by atoms with Gasteiger partial charge in [0.2, 0.25) is 0 Å². The van der Waals surface area contributed by atoms with Gasteiger partial charge in [-0.25, -0.2) is 0 Å². The second-order valence-corrected chi connectivity index (χ2v) is 5.91. The van der Waals surface area contributed by atoms with Crippen LogP contribution in [0, 0.1) is 6.92 Å². The van der Waals surface area contributed by atoms with Gasteiger partial charge in [-0.3, -0.25) is 9.59 Å². The predicted molar refractivity (Wildman–Crippen MR) is 96.5 cm³/mol. The Kier molecular flexibility index (Phi) is 6.27. The van der Waals surface area contributed by atoms with E-state index in [1.165, 1.54) is 0 Å². The topological polar surface area (TPSA) is 58.2 Å². The average molecular weight is 324 g/mol. The molecule has 0 aliphatic heterocycles. The monoisotopic (exact) mass is 324 g/mol. The van der Waals surface area contributed by atoms with E-state index in [0.717, 1.165) is 12.1 Å². The van der Waals surface area contributed by atoms with Crippen LogP contribution >= 0.6 is 0 Å². The van der Waals surface area contributed by atoms with Crippen LogP contribution in [0.15, 0.2) is 48.5 Å². The van der Waals surface area contributed by atoms with Gasteiger partial charge in [0.1, 0.15) is 0 Å². The van der Waals surface area contributed by atoms with E-state index in [4.69, 9.17) is 0 Å². The van der Waals surface area contributed by atoms with E-state index in [9.17, 15) is 9.59 Å². The molecule has 2 N–H and O–H groups in total. The summed E-state index contributed by atoms with van der Waals surface area (Å²) in [5.74, 6) is -0.365. The average Bonchev–Trinajstić information content (AvgIpc) is 2.60. The number of amides is 1. The van der Waals surface area contributed by atoms with Gasteiger partial charge in [-0.05, 0) is 26.5 Å². The van der Waals surface area contributed by atoms with Crippen LogP contribution in [0.5, 0.6) is 0 Å². The molecule has 4 heteroatoms. The van der Waals surface area contributed by atoms with Crippen LogP contribution in [-0.4, -0.2) is 30.8 Å². The van der Waals surface area contributed by atoms with Crippen molar-refractivity contribution in [2.45, 2.75) is 26.8 Å². The zero-order valence-electron chi connectivity index (χ0n) is 14.4. The number of aryl methyl sites for hydroxylation is 1. The van der Waals surface area contributed by atoms with Crippen molar-refractivity contribution in [2.75, 3.05) is 13.1 Å².